The normalized spacial score (nSPS) is 11.4. The Bertz CT molecular complexity index is 1610. The number of rotatable bonds is 8. The lowest BCUT2D eigenvalue weighted by Crippen LogP contribution is -2.27. The standard InChI is InChI=1S/C30H29FN4O2/c1-21-29(23-13-9-14-25(16-23)37-3)30(36)35-27(20-33(2)18-22-10-5-4-6-11-22)32-17-28(35)34(21)19-24-12-7-8-15-26(24)31/h4-17H,18-20H2,1-3H3. The highest BCUT2D eigenvalue weighted by molar-refractivity contribution is 5.68. The van der Waals surface area contributed by atoms with Crippen molar-refractivity contribution >= 4 is 5.65 Å². The van der Waals surface area contributed by atoms with Crippen molar-refractivity contribution in [3.05, 3.63) is 124 Å². The molecule has 0 atom stereocenters. The van der Waals surface area contributed by atoms with E-state index in [1.54, 1.807) is 29.8 Å². The lowest BCUT2D eigenvalue weighted by molar-refractivity contribution is 0.309. The molecule has 0 spiro atoms. The number of imidazole rings is 1. The van der Waals surface area contributed by atoms with Gasteiger partial charge >= 0.3 is 0 Å². The molecule has 5 aromatic rings. The number of aromatic nitrogens is 3. The predicted octanol–water partition coefficient (Wildman–Crippen LogP) is 5.30. The molecule has 0 saturated heterocycles. The molecule has 37 heavy (non-hydrogen) atoms. The summed E-state index contributed by atoms with van der Waals surface area (Å²) >= 11 is 0. The van der Waals surface area contributed by atoms with Crippen LogP contribution >= 0.6 is 0 Å². The van der Waals surface area contributed by atoms with Gasteiger partial charge in [0, 0.05) is 17.8 Å². The quantitative estimate of drug-likeness (QED) is 0.293. The Balaban J connectivity index is 1.66. The summed E-state index contributed by atoms with van der Waals surface area (Å²) in [5, 5.41) is 0. The fourth-order valence-corrected chi connectivity index (χ4v) is 4.78. The molecule has 2 heterocycles. The van der Waals surface area contributed by atoms with E-state index < -0.39 is 0 Å². The molecule has 188 valence electrons. The van der Waals surface area contributed by atoms with Crippen molar-refractivity contribution in [2.75, 3.05) is 14.2 Å². The van der Waals surface area contributed by atoms with Crippen LogP contribution in [0.25, 0.3) is 16.8 Å². The number of nitrogens with zero attached hydrogens (tertiary/aromatic N) is 4. The van der Waals surface area contributed by atoms with E-state index in [2.05, 4.69) is 22.0 Å². The van der Waals surface area contributed by atoms with Crippen molar-refractivity contribution < 1.29 is 9.13 Å². The van der Waals surface area contributed by atoms with Gasteiger partial charge in [-0.25, -0.2) is 13.8 Å². The number of hydrogen-bond donors (Lipinski definition) is 0. The summed E-state index contributed by atoms with van der Waals surface area (Å²) in [7, 11) is 3.60. The first-order chi connectivity index (χ1) is 18.0. The molecular weight excluding hydrogens is 467 g/mol. The number of hydrogen-bond acceptors (Lipinski definition) is 4. The van der Waals surface area contributed by atoms with E-state index in [1.807, 2.05) is 67.1 Å². The minimum absolute atomic E-state index is 0.161. The van der Waals surface area contributed by atoms with Gasteiger partial charge in [0.15, 0.2) is 0 Å². The fourth-order valence-electron chi connectivity index (χ4n) is 4.78. The average Bonchev–Trinajstić information content (AvgIpc) is 3.32. The van der Waals surface area contributed by atoms with E-state index in [0.717, 1.165) is 11.3 Å². The molecular formula is C30H29FN4O2. The average molecular weight is 497 g/mol. The van der Waals surface area contributed by atoms with Crippen molar-refractivity contribution in [3.8, 4) is 16.9 Å². The third-order valence-corrected chi connectivity index (χ3v) is 6.63. The van der Waals surface area contributed by atoms with Gasteiger partial charge in [-0.3, -0.25) is 9.69 Å². The van der Waals surface area contributed by atoms with Crippen molar-refractivity contribution in [2.45, 2.75) is 26.6 Å². The second-order valence-corrected chi connectivity index (χ2v) is 9.20. The van der Waals surface area contributed by atoms with Crippen LogP contribution in [0.15, 0.2) is 89.9 Å². The lowest BCUT2D eigenvalue weighted by Gasteiger charge is -2.19. The number of halogens is 1. The van der Waals surface area contributed by atoms with Gasteiger partial charge in [0.25, 0.3) is 5.56 Å². The fraction of sp³-hybridized carbons (Fsp3) is 0.200. The Morgan fingerprint density at radius 2 is 1.73 bits per heavy atom. The van der Waals surface area contributed by atoms with Crippen LogP contribution in [0.4, 0.5) is 4.39 Å². The van der Waals surface area contributed by atoms with Crippen LogP contribution in [-0.4, -0.2) is 33.0 Å². The molecule has 0 saturated carbocycles. The topological polar surface area (TPSA) is 51.8 Å². The van der Waals surface area contributed by atoms with Gasteiger partial charge < -0.3 is 9.30 Å². The largest absolute Gasteiger partial charge is 0.497 e. The first-order valence-corrected chi connectivity index (χ1v) is 12.2. The van der Waals surface area contributed by atoms with Gasteiger partial charge in [0.05, 0.1) is 32.0 Å². The van der Waals surface area contributed by atoms with Gasteiger partial charge in [-0.2, -0.15) is 0 Å². The summed E-state index contributed by atoms with van der Waals surface area (Å²) in [5.74, 6) is 0.999. The Hall–Kier alpha value is -4.23. The molecule has 6 nitrogen and oxygen atoms in total. The lowest BCUT2D eigenvalue weighted by atomic mass is 10.0. The monoisotopic (exact) mass is 496 g/mol. The van der Waals surface area contributed by atoms with Crippen LogP contribution in [-0.2, 0) is 19.6 Å². The van der Waals surface area contributed by atoms with E-state index in [1.165, 1.54) is 11.6 Å². The molecule has 0 N–H and O–H groups in total. The van der Waals surface area contributed by atoms with Crippen LogP contribution in [0.2, 0.25) is 0 Å². The van der Waals surface area contributed by atoms with E-state index >= 15 is 0 Å². The summed E-state index contributed by atoms with van der Waals surface area (Å²) in [6, 6.07) is 24.3. The summed E-state index contributed by atoms with van der Waals surface area (Å²) in [6.07, 6.45) is 1.70. The summed E-state index contributed by atoms with van der Waals surface area (Å²) in [5.41, 5.74) is 4.19. The first-order valence-electron chi connectivity index (χ1n) is 12.2. The number of methoxy groups -OCH3 is 1. The molecule has 0 radical (unpaired) electrons. The zero-order chi connectivity index (χ0) is 25.9. The second-order valence-electron chi connectivity index (χ2n) is 9.20. The zero-order valence-electron chi connectivity index (χ0n) is 21.2. The van der Waals surface area contributed by atoms with Gasteiger partial charge in [-0.05, 0) is 43.3 Å². The zero-order valence-corrected chi connectivity index (χ0v) is 21.2. The van der Waals surface area contributed by atoms with E-state index in [-0.39, 0.29) is 17.9 Å². The Kier molecular flexibility index (Phi) is 6.88. The summed E-state index contributed by atoms with van der Waals surface area (Å²) < 4.78 is 23.7. The minimum atomic E-state index is -0.288. The molecule has 0 aliphatic carbocycles. The molecule has 2 aromatic heterocycles. The van der Waals surface area contributed by atoms with Crippen molar-refractivity contribution in [2.24, 2.45) is 0 Å². The van der Waals surface area contributed by atoms with Crippen LogP contribution in [0.3, 0.4) is 0 Å². The van der Waals surface area contributed by atoms with E-state index in [9.17, 15) is 9.18 Å². The maximum Gasteiger partial charge on any atom is 0.267 e. The molecule has 0 amide bonds. The molecule has 0 bridgehead atoms. The molecule has 0 fully saturated rings. The maximum absolute atomic E-state index is 14.7. The molecule has 7 heteroatoms. The molecule has 3 aromatic carbocycles. The highest BCUT2D eigenvalue weighted by Crippen LogP contribution is 2.26. The highest BCUT2D eigenvalue weighted by atomic mass is 19.1. The molecule has 5 rings (SSSR count). The smallest absolute Gasteiger partial charge is 0.267 e. The van der Waals surface area contributed by atoms with Crippen molar-refractivity contribution in [3.63, 3.8) is 0 Å². The number of ether oxygens (including phenoxy) is 1. The van der Waals surface area contributed by atoms with Crippen LogP contribution in [0.1, 0.15) is 22.6 Å². The maximum atomic E-state index is 14.7. The Morgan fingerprint density at radius 3 is 2.49 bits per heavy atom. The number of benzene rings is 3. The van der Waals surface area contributed by atoms with Gasteiger partial charge in [-0.15, -0.1) is 0 Å². The van der Waals surface area contributed by atoms with E-state index in [4.69, 9.17) is 4.74 Å². The minimum Gasteiger partial charge on any atom is -0.497 e. The molecule has 0 aliphatic heterocycles. The van der Waals surface area contributed by atoms with Crippen LogP contribution in [0.5, 0.6) is 5.75 Å². The first kappa shape index (κ1) is 24.5. The van der Waals surface area contributed by atoms with Crippen molar-refractivity contribution in [1.82, 2.24) is 18.9 Å². The van der Waals surface area contributed by atoms with Gasteiger partial charge in [-0.1, -0.05) is 60.7 Å². The third-order valence-electron chi connectivity index (χ3n) is 6.63. The third kappa shape index (κ3) is 4.90. The Morgan fingerprint density at radius 1 is 0.973 bits per heavy atom. The van der Waals surface area contributed by atoms with Crippen molar-refractivity contribution in [1.29, 1.82) is 0 Å². The SMILES string of the molecule is COc1cccc(-c2c(C)n(Cc3ccccc3F)c3cnc(CN(C)Cc4ccccc4)n3c2=O)c1. The second kappa shape index (κ2) is 10.4. The summed E-state index contributed by atoms with van der Waals surface area (Å²) in [6.45, 7) is 3.35. The Labute approximate surface area is 215 Å². The van der Waals surface area contributed by atoms with Crippen LogP contribution in [0, 0.1) is 12.7 Å². The predicted molar refractivity (Wildman–Crippen MR) is 143 cm³/mol. The molecule has 0 aliphatic rings. The van der Waals surface area contributed by atoms with Gasteiger partial charge in [0.2, 0.25) is 0 Å². The highest BCUT2D eigenvalue weighted by Gasteiger charge is 2.21. The summed E-state index contributed by atoms with van der Waals surface area (Å²) in [4.78, 5) is 20.8. The van der Waals surface area contributed by atoms with Crippen LogP contribution < -0.4 is 10.3 Å². The molecule has 0 unspecified atom stereocenters. The van der Waals surface area contributed by atoms with E-state index in [0.29, 0.717) is 41.4 Å². The number of fused-ring (bicyclic) bond motifs is 1. The van der Waals surface area contributed by atoms with Gasteiger partial charge in [0.1, 0.15) is 23.0 Å².